The van der Waals surface area contributed by atoms with E-state index in [4.69, 9.17) is 0 Å². The lowest BCUT2D eigenvalue weighted by Crippen LogP contribution is -2.48. The van der Waals surface area contributed by atoms with Crippen molar-refractivity contribution in [2.24, 2.45) is 0 Å². The Morgan fingerprint density at radius 2 is 1.54 bits per heavy atom. The molecule has 3 rings (SSSR count). The second-order valence-corrected chi connectivity index (χ2v) is 7.15. The number of hydrogen-bond donors (Lipinski definition) is 0. The second kappa shape index (κ2) is 9.24. The van der Waals surface area contributed by atoms with E-state index >= 15 is 0 Å². The van der Waals surface area contributed by atoms with Gasteiger partial charge in [-0.1, -0.05) is 48.5 Å². The lowest BCUT2D eigenvalue weighted by atomic mass is 10.1. The number of halogens is 3. The molecule has 1 saturated heterocycles. The summed E-state index contributed by atoms with van der Waals surface area (Å²) in [6, 6.07) is 15.8. The van der Waals surface area contributed by atoms with Crippen molar-refractivity contribution in [1.29, 1.82) is 0 Å². The van der Waals surface area contributed by atoms with E-state index in [0.29, 0.717) is 32.6 Å². The van der Waals surface area contributed by atoms with Gasteiger partial charge in [0.15, 0.2) is 0 Å². The molecule has 0 atom stereocenters. The van der Waals surface area contributed by atoms with Crippen molar-refractivity contribution < 1.29 is 18.0 Å². The zero-order valence-electron chi connectivity index (χ0n) is 15.8. The van der Waals surface area contributed by atoms with Gasteiger partial charge in [-0.15, -0.1) is 0 Å². The zero-order chi connectivity index (χ0) is 20.0. The van der Waals surface area contributed by atoms with Gasteiger partial charge in [-0.05, 0) is 30.0 Å². The maximum absolute atomic E-state index is 13.1. The summed E-state index contributed by atoms with van der Waals surface area (Å²) in [5.41, 5.74) is 0.940. The lowest BCUT2D eigenvalue weighted by molar-refractivity contribution is -0.138. The molecule has 2 aromatic rings. The van der Waals surface area contributed by atoms with Crippen molar-refractivity contribution in [2.45, 2.75) is 32.0 Å². The quantitative estimate of drug-likeness (QED) is 0.731. The Kier molecular flexibility index (Phi) is 6.73. The van der Waals surface area contributed by atoms with Crippen molar-refractivity contribution in [1.82, 2.24) is 9.80 Å². The first-order valence-corrected chi connectivity index (χ1v) is 9.62. The van der Waals surface area contributed by atoms with Crippen LogP contribution in [0.5, 0.6) is 0 Å². The summed E-state index contributed by atoms with van der Waals surface area (Å²) in [6.45, 7) is 2.58. The number of aryl methyl sites for hydroxylation is 1. The van der Waals surface area contributed by atoms with Crippen LogP contribution in [0.15, 0.2) is 54.6 Å². The van der Waals surface area contributed by atoms with Crippen molar-refractivity contribution in [3.63, 3.8) is 0 Å². The average molecular weight is 390 g/mol. The highest BCUT2D eigenvalue weighted by molar-refractivity contribution is 5.76. The molecule has 2 aromatic carbocycles. The fourth-order valence-electron chi connectivity index (χ4n) is 3.58. The summed E-state index contributed by atoms with van der Waals surface area (Å²) in [6.07, 6.45) is -2.15. The molecular formula is C22H25F3N2O. The van der Waals surface area contributed by atoms with Crippen molar-refractivity contribution in [3.8, 4) is 0 Å². The Labute approximate surface area is 163 Å². The minimum absolute atomic E-state index is 0.131. The molecule has 0 saturated carbocycles. The third-order valence-electron chi connectivity index (χ3n) is 5.14. The van der Waals surface area contributed by atoms with E-state index in [1.54, 1.807) is 6.07 Å². The first kappa shape index (κ1) is 20.4. The minimum atomic E-state index is -4.34. The van der Waals surface area contributed by atoms with Crippen LogP contribution in [0.3, 0.4) is 0 Å². The van der Waals surface area contributed by atoms with Gasteiger partial charge in [0, 0.05) is 39.1 Å². The fraction of sp³-hybridized carbons (Fsp3) is 0.409. The van der Waals surface area contributed by atoms with Crippen LogP contribution in [0.25, 0.3) is 0 Å². The van der Waals surface area contributed by atoms with Crippen LogP contribution in [-0.2, 0) is 23.9 Å². The number of benzene rings is 2. The molecule has 1 aliphatic heterocycles. The second-order valence-electron chi connectivity index (χ2n) is 7.15. The van der Waals surface area contributed by atoms with Crippen LogP contribution in [-0.4, -0.2) is 41.9 Å². The molecule has 3 nitrogen and oxygen atoms in total. The molecule has 6 heteroatoms. The third kappa shape index (κ3) is 5.58. The molecule has 0 radical (unpaired) electrons. The van der Waals surface area contributed by atoms with E-state index in [1.165, 1.54) is 17.7 Å². The van der Waals surface area contributed by atoms with Gasteiger partial charge in [0.05, 0.1) is 5.56 Å². The van der Waals surface area contributed by atoms with Crippen molar-refractivity contribution in [2.75, 3.05) is 26.2 Å². The largest absolute Gasteiger partial charge is 0.416 e. The fourth-order valence-corrected chi connectivity index (χ4v) is 3.58. The first-order chi connectivity index (χ1) is 13.4. The van der Waals surface area contributed by atoms with Gasteiger partial charge in [0.1, 0.15) is 0 Å². The topological polar surface area (TPSA) is 23.6 Å². The third-order valence-corrected chi connectivity index (χ3v) is 5.14. The molecule has 0 bridgehead atoms. The van der Waals surface area contributed by atoms with Gasteiger partial charge >= 0.3 is 6.18 Å². The summed E-state index contributed by atoms with van der Waals surface area (Å²) in [5, 5.41) is 0. The summed E-state index contributed by atoms with van der Waals surface area (Å²) in [4.78, 5) is 16.2. The molecule has 28 heavy (non-hydrogen) atoms. The monoisotopic (exact) mass is 390 g/mol. The maximum atomic E-state index is 13.1. The maximum Gasteiger partial charge on any atom is 0.416 e. The Balaban J connectivity index is 1.45. The van der Waals surface area contributed by atoms with Crippen LogP contribution in [0, 0.1) is 0 Å². The number of carbonyl (C=O) groups is 1. The number of amides is 1. The van der Waals surface area contributed by atoms with E-state index in [9.17, 15) is 18.0 Å². The van der Waals surface area contributed by atoms with Gasteiger partial charge in [0.2, 0.25) is 5.91 Å². The molecule has 150 valence electrons. The highest BCUT2D eigenvalue weighted by Crippen LogP contribution is 2.32. The molecule has 1 amide bonds. The molecule has 1 fully saturated rings. The van der Waals surface area contributed by atoms with E-state index in [-0.39, 0.29) is 18.0 Å². The van der Waals surface area contributed by atoms with E-state index in [2.05, 4.69) is 12.1 Å². The van der Waals surface area contributed by atoms with Gasteiger partial charge in [-0.25, -0.2) is 0 Å². The Morgan fingerprint density at radius 3 is 2.21 bits per heavy atom. The van der Waals surface area contributed by atoms with E-state index < -0.39 is 11.7 Å². The number of hydrogen-bond acceptors (Lipinski definition) is 2. The summed E-state index contributed by atoms with van der Waals surface area (Å²) < 4.78 is 39.4. The normalized spacial score (nSPS) is 15.6. The Morgan fingerprint density at radius 1 is 0.893 bits per heavy atom. The van der Waals surface area contributed by atoms with Gasteiger partial charge in [-0.2, -0.15) is 13.2 Å². The molecule has 0 spiro atoms. The predicted octanol–water partition coefficient (Wildman–Crippen LogP) is 4.37. The van der Waals surface area contributed by atoms with E-state index in [0.717, 1.165) is 18.9 Å². The molecular weight excluding hydrogens is 365 g/mol. The van der Waals surface area contributed by atoms with Crippen LogP contribution in [0.2, 0.25) is 0 Å². The molecule has 0 N–H and O–H groups in total. The number of alkyl halides is 3. The Hall–Kier alpha value is -2.34. The Bertz CT molecular complexity index is 769. The molecule has 1 heterocycles. The highest BCUT2D eigenvalue weighted by atomic mass is 19.4. The van der Waals surface area contributed by atoms with Crippen LogP contribution < -0.4 is 0 Å². The standard InChI is InChI=1S/C22H25F3N2O/c23-22(24,25)20-11-5-4-10-19(20)17-26-13-15-27(16-14-26)21(28)12-6-9-18-7-2-1-3-8-18/h1-5,7-8,10-11H,6,9,12-17H2. The van der Waals surface area contributed by atoms with E-state index in [1.807, 2.05) is 28.0 Å². The molecule has 0 aromatic heterocycles. The summed E-state index contributed by atoms with van der Waals surface area (Å²) in [5.74, 6) is 0.131. The van der Waals surface area contributed by atoms with Crippen LogP contribution in [0.4, 0.5) is 13.2 Å². The van der Waals surface area contributed by atoms with Gasteiger partial charge in [0.25, 0.3) is 0 Å². The number of nitrogens with zero attached hydrogens (tertiary/aromatic N) is 2. The smallest absolute Gasteiger partial charge is 0.340 e. The first-order valence-electron chi connectivity index (χ1n) is 9.62. The van der Waals surface area contributed by atoms with Crippen LogP contribution >= 0.6 is 0 Å². The predicted molar refractivity (Wildman–Crippen MR) is 103 cm³/mol. The minimum Gasteiger partial charge on any atom is -0.340 e. The number of piperazine rings is 1. The van der Waals surface area contributed by atoms with Crippen LogP contribution in [0.1, 0.15) is 29.5 Å². The molecule has 1 aliphatic rings. The van der Waals surface area contributed by atoms with Gasteiger partial charge < -0.3 is 4.90 Å². The van der Waals surface area contributed by atoms with Crippen molar-refractivity contribution >= 4 is 5.91 Å². The molecule has 0 unspecified atom stereocenters. The zero-order valence-corrected chi connectivity index (χ0v) is 15.8. The highest BCUT2D eigenvalue weighted by Gasteiger charge is 2.33. The summed E-state index contributed by atoms with van der Waals surface area (Å²) >= 11 is 0. The molecule has 0 aliphatic carbocycles. The number of carbonyl (C=O) groups excluding carboxylic acids is 1. The van der Waals surface area contributed by atoms with Crippen molar-refractivity contribution in [3.05, 3.63) is 71.3 Å². The SMILES string of the molecule is O=C(CCCc1ccccc1)N1CCN(Cc2ccccc2C(F)(F)F)CC1. The van der Waals surface area contributed by atoms with Gasteiger partial charge in [-0.3, -0.25) is 9.69 Å². The summed E-state index contributed by atoms with van der Waals surface area (Å²) in [7, 11) is 0. The number of rotatable bonds is 6. The average Bonchev–Trinajstić information content (AvgIpc) is 2.69. The lowest BCUT2D eigenvalue weighted by Gasteiger charge is -2.35.